The van der Waals surface area contributed by atoms with Crippen LogP contribution in [-0.4, -0.2) is 42.6 Å². The fraction of sp³-hybridized carbons (Fsp3) is 0.545. The van der Waals surface area contributed by atoms with Crippen LogP contribution in [0.15, 0.2) is 22.9 Å². The molecule has 3 nitrogen and oxygen atoms in total. The molecule has 0 aliphatic carbocycles. The maximum absolute atomic E-state index is 4.22. The molecule has 3 rings (SSSR count). The van der Waals surface area contributed by atoms with Gasteiger partial charge in [0.1, 0.15) is 0 Å². The van der Waals surface area contributed by atoms with Crippen LogP contribution < -0.4 is 4.90 Å². The van der Waals surface area contributed by atoms with Crippen molar-refractivity contribution in [1.82, 2.24) is 9.88 Å². The van der Waals surface area contributed by atoms with Gasteiger partial charge in [0.05, 0.1) is 11.9 Å². The molecular weight excluding hydrogens is 254 g/mol. The lowest BCUT2D eigenvalue weighted by atomic mass is 9.91. The van der Waals surface area contributed by atoms with Crippen molar-refractivity contribution in [2.75, 3.05) is 31.6 Å². The summed E-state index contributed by atoms with van der Waals surface area (Å²) in [6, 6.07) is 2.87. The highest BCUT2D eigenvalue weighted by atomic mass is 79.9. The number of hydrogen-bond donors (Lipinski definition) is 0. The number of fused-ring (bicyclic) bond motifs is 1. The van der Waals surface area contributed by atoms with E-state index in [0.717, 1.165) is 10.4 Å². The average Bonchev–Trinajstić information content (AvgIpc) is 2.46. The third-order valence-electron chi connectivity index (χ3n) is 3.44. The van der Waals surface area contributed by atoms with Gasteiger partial charge in [-0.05, 0) is 29.0 Å². The third kappa shape index (κ3) is 1.56. The topological polar surface area (TPSA) is 19.4 Å². The minimum absolute atomic E-state index is 0.714. The second-order valence-corrected chi connectivity index (χ2v) is 5.48. The normalized spacial score (nSPS) is 30.1. The van der Waals surface area contributed by atoms with Crippen LogP contribution in [0.2, 0.25) is 0 Å². The van der Waals surface area contributed by atoms with Gasteiger partial charge in [0, 0.05) is 42.3 Å². The molecule has 0 unspecified atom stereocenters. The van der Waals surface area contributed by atoms with Crippen molar-refractivity contribution in [3.05, 3.63) is 22.9 Å². The zero-order chi connectivity index (χ0) is 10.4. The largest absolute Gasteiger partial charge is 0.365 e. The Balaban J connectivity index is 1.80. The van der Waals surface area contributed by atoms with Gasteiger partial charge in [0.25, 0.3) is 0 Å². The Kier molecular flexibility index (Phi) is 2.21. The summed E-state index contributed by atoms with van der Waals surface area (Å²) >= 11 is 3.47. The van der Waals surface area contributed by atoms with Gasteiger partial charge >= 0.3 is 0 Å². The van der Waals surface area contributed by atoms with Crippen LogP contribution in [0.4, 0.5) is 5.69 Å². The molecule has 4 heteroatoms. The van der Waals surface area contributed by atoms with Crippen LogP contribution in [0.3, 0.4) is 0 Å². The van der Waals surface area contributed by atoms with Crippen molar-refractivity contribution in [1.29, 1.82) is 0 Å². The van der Waals surface area contributed by atoms with Crippen molar-refractivity contribution in [3.8, 4) is 0 Å². The van der Waals surface area contributed by atoms with Gasteiger partial charge in [-0.3, -0.25) is 4.98 Å². The zero-order valence-corrected chi connectivity index (χ0v) is 10.3. The molecule has 3 heterocycles. The zero-order valence-electron chi connectivity index (χ0n) is 8.73. The summed E-state index contributed by atoms with van der Waals surface area (Å²) in [5, 5.41) is 0. The Bertz CT molecular complexity index is 382. The van der Waals surface area contributed by atoms with Gasteiger partial charge in [0.15, 0.2) is 0 Å². The Morgan fingerprint density at radius 2 is 2.20 bits per heavy atom. The quantitative estimate of drug-likeness (QED) is 0.771. The van der Waals surface area contributed by atoms with Gasteiger partial charge in [-0.1, -0.05) is 0 Å². The van der Waals surface area contributed by atoms with Crippen LogP contribution in [0, 0.1) is 5.92 Å². The predicted molar refractivity (Wildman–Crippen MR) is 64.1 cm³/mol. The summed E-state index contributed by atoms with van der Waals surface area (Å²) in [6.07, 6.45) is 3.79. The van der Waals surface area contributed by atoms with E-state index in [2.05, 4.69) is 43.8 Å². The average molecular weight is 268 g/mol. The van der Waals surface area contributed by atoms with E-state index in [4.69, 9.17) is 0 Å². The first kappa shape index (κ1) is 9.60. The maximum Gasteiger partial charge on any atom is 0.0567 e. The van der Waals surface area contributed by atoms with Gasteiger partial charge in [-0.15, -0.1) is 0 Å². The predicted octanol–water partition coefficient (Wildman–Crippen LogP) is 1.59. The molecule has 80 valence electrons. The Morgan fingerprint density at radius 1 is 1.33 bits per heavy atom. The number of pyridine rings is 1. The first-order chi connectivity index (χ1) is 7.24. The molecule has 0 aromatic carbocycles. The highest BCUT2D eigenvalue weighted by molar-refractivity contribution is 9.10. The van der Waals surface area contributed by atoms with E-state index in [1.165, 1.54) is 25.3 Å². The minimum Gasteiger partial charge on any atom is -0.365 e. The van der Waals surface area contributed by atoms with E-state index in [1.54, 1.807) is 0 Å². The van der Waals surface area contributed by atoms with E-state index in [1.807, 2.05) is 12.4 Å². The summed E-state index contributed by atoms with van der Waals surface area (Å²) in [7, 11) is 2.20. The SMILES string of the molecule is CN1C[C@@H]2CN(c3cncc(Br)c3)[C@@H]2C1. The van der Waals surface area contributed by atoms with Crippen molar-refractivity contribution in [3.63, 3.8) is 0 Å². The molecule has 15 heavy (non-hydrogen) atoms. The van der Waals surface area contributed by atoms with E-state index in [9.17, 15) is 0 Å². The fourth-order valence-corrected chi connectivity index (χ4v) is 3.05. The lowest BCUT2D eigenvalue weighted by Gasteiger charge is -2.45. The number of anilines is 1. The molecule has 2 saturated heterocycles. The molecule has 1 aromatic heterocycles. The van der Waals surface area contributed by atoms with Gasteiger partial charge in [-0.25, -0.2) is 0 Å². The maximum atomic E-state index is 4.22. The monoisotopic (exact) mass is 267 g/mol. The Labute approximate surface area is 98.2 Å². The van der Waals surface area contributed by atoms with Crippen LogP contribution in [0.1, 0.15) is 0 Å². The summed E-state index contributed by atoms with van der Waals surface area (Å²) in [5.41, 5.74) is 1.25. The molecule has 0 N–H and O–H groups in total. The van der Waals surface area contributed by atoms with Gasteiger partial charge < -0.3 is 9.80 Å². The third-order valence-corrected chi connectivity index (χ3v) is 3.88. The van der Waals surface area contributed by atoms with Crippen LogP contribution in [0.25, 0.3) is 0 Å². The fourth-order valence-electron chi connectivity index (χ4n) is 2.70. The molecule has 2 aliphatic heterocycles. The Hall–Kier alpha value is -0.610. The molecule has 0 amide bonds. The molecule has 0 radical (unpaired) electrons. The highest BCUT2D eigenvalue weighted by Gasteiger charge is 2.44. The lowest BCUT2D eigenvalue weighted by Crippen LogP contribution is -2.55. The van der Waals surface area contributed by atoms with E-state index < -0.39 is 0 Å². The number of likely N-dealkylation sites (tertiary alicyclic amines) is 1. The molecule has 0 saturated carbocycles. The molecule has 0 spiro atoms. The second-order valence-electron chi connectivity index (χ2n) is 4.56. The summed E-state index contributed by atoms with van der Waals surface area (Å²) in [6.45, 7) is 3.63. The van der Waals surface area contributed by atoms with Crippen LogP contribution >= 0.6 is 15.9 Å². The molecule has 2 aliphatic rings. The van der Waals surface area contributed by atoms with Crippen molar-refractivity contribution in [2.45, 2.75) is 6.04 Å². The minimum atomic E-state index is 0.714. The van der Waals surface area contributed by atoms with Crippen molar-refractivity contribution in [2.24, 2.45) is 5.92 Å². The standard InChI is InChI=1S/C11H14BrN3/c1-14-5-8-6-15(11(8)7-14)10-2-9(12)3-13-4-10/h2-4,8,11H,5-7H2,1H3/t8-,11-/m1/s1. The van der Waals surface area contributed by atoms with Gasteiger partial charge in [0.2, 0.25) is 0 Å². The molecule has 1 aromatic rings. The van der Waals surface area contributed by atoms with E-state index in [-0.39, 0.29) is 0 Å². The number of rotatable bonds is 1. The molecule has 2 atom stereocenters. The first-order valence-electron chi connectivity index (χ1n) is 5.30. The molecule has 2 fully saturated rings. The number of hydrogen-bond acceptors (Lipinski definition) is 3. The van der Waals surface area contributed by atoms with Crippen LogP contribution in [-0.2, 0) is 0 Å². The summed E-state index contributed by atoms with van der Waals surface area (Å²) < 4.78 is 1.06. The van der Waals surface area contributed by atoms with E-state index in [0.29, 0.717) is 6.04 Å². The number of likely N-dealkylation sites (N-methyl/N-ethyl adjacent to an activating group) is 1. The number of nitrogens with zero attached hydrogens (tertiary/aromatic N) is 3. The lowest BCUT2D eigenvalue weighted by molar-refractivity contribution is 0.361. The molecular formula is C11H14BrN3. The second kappa shape index (κ2) is 3.46. The summed E-state index contributed by atoms with van der Waals surface area (Å²) in [5.74, 6) is 0.869. The van der Waals surface area contributed by atoms with Crippen LogP contribution in [0.5, 0.6) is 0 Å². The van der Waals surface area contributed by atoms with Crippen molar-refractivity contribution < 1.29 is 0 Å². The number of aromatic nitrogens is 1. The smallest absolute Gasteiger partial charge is 0.0567 e. The van der Waals surface area contributed by atoms with Crippen molar-refractivity contribution >= 4 is 21.6 Å². The Morgan fingerprint density at radius 3 is 2.93 bits per heavy atom. The first-order valence-corrected chi connectivity index (χ1v) is 6.09. The number of halogens is 1. The highest BCUT2D eigenvalue weighted by Crippen LogP contribution is 2.36. The van der Waals surface area contributed by atoms with Gasteiger partial charge in [-0.2, -0.15) is 0 Å². The van der Waals surface area contributed by atoms with E-state index >= 15 is 0 Å². The summed E-state index contributed by atoms with van der Waals surface area (Å²) in [4.78, 5) is 9.10. The molecule has 0 bridgehead atoms.